The van der Waals surface area contributed by atoms with Crippen LogP contribution in [0.1, 0.15) is 91.8 Å². The Kier molecular flexibility index (Phi) is 12.2. The van der Waals surface area contributed by atoms with Crippen LogP contribution in [0, 0.1) is 27.7 Å². The van der Waals surface area contributed by atoms with Crippen molar-refractivity contribution in [1.29, 1.82) is 0 Å². The van der Waals surface area contributed by atoms with Gasteiger partial charge in [-0.1, -0.05) is 134 Å². The normalized spacial score (nSPS) is 12.6. The van der Waals surface area contributed by atoms with Gasteiger partial charge in [0, 0.05) is 47.9 Å². The van der Waals surface area contributed by atoms with Crippen molar-refractivity contribution in [1.82, 2.24) is 9.88 Å². The fourth-order valence-corrected chi connectivity index (χ4v) is 7.15. The van der Waals surface area contributed by atoms with Gasteiger partial charge in [-0.2, -0.15) is 0 Å². The number of aryl methyl sites for hydroxylation is 4. The number of anilines is 3. The van der Waals surface area contributed by atoms with Crippen LogP contribution in [0.15, 0.2) is 97.1 Å². The molecule has 0 spiro atoms. The zero-order chi connectivity index (χ0) is 37.5. The summed E-state index contributed by atoms with van der Waals surface area (Å²) in [7, 11) is 0. The predicted octanol–water partition coefficient (Wildman–Crippen LogP) is 11.5. The second kappa shape index (κ2) is 17.2. The number of hydrogen-bond acceptors (Lipinski definition) is 5. The van der Waals surface area contributed by atoms with Crippen LogP contribution >= 0.6 is 0 Å². The van der Waals surface area contributed by atoms with E-state index < -0.39 is 0 Å². The number of ether oxygens (including phenoxy) is 1. The molecule has 0 bridgehead atoms. The van der Waals surface area contributed by atoms with Gasteiger partial charge in [-0.05, 0) is 65.2 Å². The maximum Gasteiger partial charge on any atom is 0.305 e. The first-order valence-corrected chi connectivity index (χ1v) is 19.4. The minimum Gasteiger partial charge on any atom is -0.466 e. The molecule has 6 heteroatoms. The van der Waals surface area contributed by atoms with E-state index in [2.05, 4.69) is 159 Å². The molecular weight excluding hydrogens is 653 g/mol. The molecule has 1 aliphatic heterocycles. The molecule has 276 valence electrons. The van der Waals surface area contributed by atoms with E-state index in [1.54, 1.807) is 0 Å². The second-order valence-electron chi connectivity index (χ2n) is 14.8. The molecule has 4 aromatic carbocycles. The van der Waals surface area contributed by atoms with Gasteiger partial charge in [0.05, 0.1) is 29.4 Å². The Bertz CT molecular complexity index is 2020. The third kappa shape index (κ3) is 8.77. The lowest BCUT2D eigenvalue weighted by Crippen LogP contribution is -2.27. The van der Waals surface area contributed by atoms with Crippen molar-refractivity contribution < 1.29 is 9.53 Å². The predicted molar refractivity (Wildman–Crippen MR) is 222 cm³/mol. The molecule has 0 radical (unpaired) electrons. The maximum absolute atomic E-state index is 12.1. The monoisotopic (exact) mass is 708 g/mol. The number of unbranched alkanes of at least 4 members (excludes halogenated alkanes) is 3. The number of nitrogens with zero attached hydrogens (tertiary/aromatic N) is 2. The Labute approximate surface area is 316 Å². The molecule has 6 nitrogen and oxygen atoms in total. The molecule has 1 aromatic heterocycles. The molecule has 5 aromatic rings. The lowest BCUT2D eigenvalue weighted by atomic mass is 9.98. The van der Waals surface area contributed by atoms with Gasteiger partial charge in [-0.15, -0.1) is 0 Å². The standard InChI is InChI=1S/C47H56N4O2/c1-8-53-42(52)13-11-9-10-12-30-50-45(38-24-16-34(5)17-25-38)41(31-48-32(2)3)44-47(50)51(40-28-20-36(7)21-29-40)46(39-26-18-35(6)19-27-39)43(49-44)37-22-14-33(4)15-23-37/h14-29,32,48-49H,8-13,30-31H2,1-7H3. The van der Waals surface area contributed by atoms with Crippen LogP contribution in [0.5, 0.6) is 0 Å². The highest BCUT2D eigenvalue weighted by Gasteiger charge is 2.36. The van der Waals surface area contributed by atoms with Crippen molar-refractivity contribution in [3.05, 3.63) is 136 Å². The summed E-state index contributed by atoms with van der Waals surface area (Å²) in [6.45, 7) is 16.9. The molecule has 0 unspecified atom stereocenters. The zero-order valence-electron chi connectivity index (χ0n) is 32.7. The summed E-state index contributed by atoms with van der Waals surface area (Å²) in [6.07, 6.45) is 4.30. The molecule has 53 heavy (non-hydrogen) atoms. The Balaban J connectivity index is 1.59. The van der Waals surface area contributed by atoms with Crippen molar-refractivity contribution in [2.45, 2.75) is 99.7 Å². The van der Waals surface area contributed by atoms with Crippen LogP contribution in [0.25, 0.3) is 22.7 Å². The highest BCUT2D eigenvalue weighted by Crippen LogP contribution is 2.52. The van der Waals surface area contributed by atoms with Gasteiger partial charge in [-0.3, -0.25) is 9.69 Å². The van der Waals surface area contributed by atoms with Gasteiger partial charge in [0.25, 0.3) is 0 Å². The highest BCUT2D eigenvalue weighted by atomic mass is 16.5. The van der Waals surface area contributed by atoms with Gasteiger partial charge in [0.1, 0.15) is 5.82 Å². The summed E-state index contributed by atoms with van der Waals surface area (Å²) < 4.78 is 7.76. The van der Waals surface area contributed by atoms with Gasteiger partial charge in [-0.25, -0.2) is 0 Å². The van der Waals surface area contributed by atoms with Gasteiger partial charge in [0.2, 0.25) is 0 Å². The summed E-state index contributed by atoms with van der Waals surface area (Å²) in [5, 5.41) is 7.90. The SMILES string of the molecule is CCOC(=O)CCCCCCn1c(-c2ccc(C)cc2)c(CNC(C)C)c2c1N(c1ccc(C)cc1)C(c1ccc(C)cc1)=C(c1ccc(C)cc1)N2. The Morgan fingerprint density at radius 3 is 1.79 bits per heavy atom. The van der Waals surface area contributed by atoms with E-state index in [1.165, 1.54) is 39.1 Å². The largest absolute Gasteiger partial charge is 0.466 e. The molecular formula is C47H56N4O2. The van der Waals surface area contributed by atoms with Crippen molar-refractivity contribution >= 4 is 34.6 Å². The molecule has 2 heterocycles. The molecule has 0 atom stereocenters. The Morgan fingerprint density at radius 1 is 0.698 bits per heavy atom. The van der Waals surface area contributed by atoms with Gasteiger partial charge >= 0.3 is 5.97 Å². The van der Waals surface area contributed by atoms with Crippen LogP contribution in [0.3, 0.4) is 0 Å². The van der Waals surface area contributed by atoms with E-state index in [0.717, 1.165) is 71.9 Å². The number of hydrogen-bond donors (Lipinski definition) is 2. The second-order valence-corrected chi connectivity index (χ2v) is 14.8. The van der Waals surface area contributed by atoms with Crippen LogP contribution in [-0.2, 0) is 22.6 Å². The van der Waals surface area contributed by atoms with Crippen LogP contribution in [0.4, 0.5) is 17.2 Å². The van der Waals surface area contributed by atoms with E-state index in [4.69, 9.17) is 4.74 Å². The zero-order valence-corrected chi connectivity index (χ0v) is 32.7. The molecule has 0 saturated carbocycles. The number of carbonyl (C=O) groups is 1. The highest BCUT2D eigenvalue weighted by molar-refractivity contribution is 6.11. The Morgan fingerprint density at radius 2 is 1.23 bits per heavy atom. The first-order chi connectivity index (χ1) is 25.6. The van der Waals surface area contributed by atoms with E-state index in [0.29, 0.717) is 25.6 Å². The molecule has 2 N–H and O–H groups in total. The third-order valence-electron chi connectivity index (χ3n) is 10.0. The Hall–Kier alpha value is -5.07. The first kappa shape index (κ1) is 37.7. The topological polar surface area (TPSA) is 58.5 Å². The average Bonchev–Trinajstić information content (AvgIpc) is 3.45. The van der Waals surface area contributed by atoms with Gasteiger partial charge in [0.15, 0.2) is 0 Å². The number of esters is 1. The molecule has 0 amide bonds. The molecule has 0 fully saturated rings. The summed E-state index contributed by atoms with van der Waals surface area (Å²) >= 11 is 0. The maximum atomic E-state index is 12.1. The number of nitrogens with one attached hydrogen (secondary N) is 2. The summed E-state index contributed by atoms with van der Waals surface area (Å²) in [4.78, 5) is 14.6. The van der Waals surface area contributed by atoms with E-state index >= 15 is 0 Å². The minimum atomic E-state index is -0.101. The third-order valence-corrected chi connectivity index (χ3v) is 10.0. The molecule has 6 rings (SSSR count). The summed E-state index contributed by atoms with van der Waals surface area (Å²) in [6, 6.07) is 36.1. The molecule has 1 aliphatic rings. The number of carbonyl (C=O) groups excluding carboxylic acids is 1. The average molecular weight is 709 g/mol. The van der Waals surface area contributed by atoms with E-state index in [1.807, 2.05) is 6.92 Å². The number of rotatable bonds is 15. The van der Waals surface area contributed by atoms with Crippen LogP contribution in [0.2, 0.25) is 0 Å². The molecule has 0 saturated heterocycles. The lowest BCUT2D eigenvalue weighted by Gasteiger charge is -2.37. The fourth-order valence-electron chi connectivity index (χ4n) is 7.15. The summed E-state index contributed by atoms with van der Waals surface area (Å²) in [5.41, 5.74) is 15.4. The smallest absolute Gasteiger partial charge is 0.305 e. The fraction of sp³-hybridized carbons (Fsp3) is 0.340. The summed E-state index contributed by atoms with van der Waals surface area (Å²) in [5.74, 6) is 1.04. The van der Waals surface area contributed by atoms with Crippen molar-refractivity contribution in [2.75, 3.05) is 16.8 Å². The van der Waals surface area contributed by atoms with E-state index in [9.17, 15) is 4.79 Å². The van der Waals surface area contributed by atoms with Crippen molar-refractivity contribution in [3.63, 3.8) is 0 Å². The number of benzene rings is 4. The van der Waals surface area contributed by atoms with Gasteiger partial charge < -0.3 is 19.9 Å². The minimum absolute atomic E-state index is 0.101. The van der Waals surface area contributed by atoms with Crippen LogP contribution < -0.4 is 15.5 Å². The van der Waals surface area contributed by atoms with E-state index in [-0.39, 0.29) is 5.97 Å². The lowest BCUT2D eigenvalue weighted by molar-refractivity contribution is -0.143. The van der Waals surface area contributed by atoms with Crippen LogP contribution in [-0.4, -0.2) is 23.2 Å². The van der Waals surface area contributed by atoms with Crippen molar-refractivity contribution in [3.8, 4) is 11.3 Å². The quantitative estimate of drug-likeness (QED) is 0.0837. The first-order valence-electron chi connectivity index (χ1n) is 19.4. The number of aromatic nitrogens is 1. The van der Waals surface area contributed by atoms with Crippen molar-refractivity contribution in [2.24, 2.45) is 0 Å². The molecule has 0 aliphatic carbocycles. The number of fused-ring (bicyclic) bond motifs is 1.